The third kappa shape index (κ3) is 1.60. The second kappa shape index (κ2) is 3.70. The van der Waals surface area contributed by atoms with Crippen LogP contribution in [0, 0.1) is 13.8 Å². The lowest BCUT2D eigenvalue weighted by molar-refractivity contribution is 1.08. The van der Waals surface area contributed by atoms with Crippen LogP contribution in [0.25, 0.3) is 17.0 Å². The maximum atomic E-state index is 4.48. The van der Waals surface area contributed by atoms with Crippen molar-refractivity contribution in [1.82, 2.24) is 14.4 Å². The normalized spacial score (nSPS) is 10.9. The van der Waals surface area contributed by atoms with Gasteiger partial charge < -0.3 is 0 Å². The topological polar surface area (TPSA) is 30.2 Å². The molecule has 0 saturated heterocycles. The first-order valence-corrected chi connectivity index (χ1v) is 5.62. The predicted octanol–water partition coefficient (Wildman–Crippen LogP) is 3.01. The maximum absolute atomic E-state index is 4.48. The number of benzene rings is 1. The molecule has 0 fully saturated rings. The highest BCUT2D eigenvalue weighted by Crippen LogP contribution is 2.23. The standard InChI is InChI=1S/C14H13N3/c1-10-8-15-14-16-11(2)13(17(14)9-10)12-6-4-3-5-7-12/h3-9H,1-2H3. The fourth-order valence-corrected chi connectivity index (χ4v) is 2.09. The summed E-state index contributed by atoms with van der Waals surface area (Å²) in [6, 6.07) is 10.3. The Balaban J connectivity index is 2.35. The van der Waals surface area contributed by atoms with E-state index >= 15 is 0 Å². The Hall–Kier alpha value is -2.16. The molecule has 0 aliphatic rings. The van der Waals surface area contributed by atoms with E-state index < -0.39 is 0 Å². The molecule has 3 aromatic rings. The van der Waals surface area contributed by atoms with Gasteiger partial charge in [-0.25, -0.2) is 9.97 Å². The largest absolute Gasteiger partial charge is 0.283 e. The van der Waals surface area contributed by atoms with E-state index in [1.165, 1.54) is 5.56 Å². The molecular formula is C14H13N3. The van der Waals surface area contributed by atoms with E-state index in [0.29, 0.717) is 0 Å². The van der Waals surface area contributed by atoms with Crippen LogP contribution in [-0.2, 0) is 0 Å². The quantitative estimate of drug-likeness (QED) is 0.634. The van der Waals surface area contributed by atoms with Gasteiger partial charge in [0.25, 0.3) is 0 Å². The van der Waals surface area contributed by atoms with Crippen molar-refractivity contribution in [2.24, 2.45) is 0 Å². The van der Waals surface area contributed by atoms with Gasteiger partial charge in [-0.15, -0.1) is 0 Å². The van der Waals surface area contributed by atoms with Crippen LogP contribution < -0.4 is 0 Å². The number of hydrogen-bond donors (Lipinski definition) is 0. The highest BCUT2D eigenvalue weighted by molar-refractivity contribution is 5.65. The second-order valence-corrected chi connectivity index (χ2v) is 4.21. The Kier molecular flexibility index (Phi) is 2.18. The molecule has 0 saturated carbocycles. The summed E-state index contributed by atoms with van der Waals surface area (Å²) in [5.41, 5.74) is 4.43. The molecule has 0 N–H and O–H groups in total. The highest BCUT2D eigenvalue weighted by Gasteiger charge is 2.10. The molecule has 0 radical (unpaired) electrons. The molecule has 3 nitrogen and oxygen atoms in total. The van der Waals surface area contributed by atoms with Crippen molar-refractivity contribution in [3.05, 3.63) is 54.0 Å². The summed E-state index contributed by atoms with van der Waals surface area (Å²) in [6.07, 6.45) is 3.92. The molecule has 0 unspecified atom stereocenters. The molecule has 3 heteroatoms. The Bertz CT molecular complexity index is 669. The van der Waals surface area contributed by atoms with Crippen molar-refractivity contribution in [3.63, 3.8) is 0 Å². The fourth-order valence-electron chi connectivity index (χ4n) is 2.09. The minimum Gasteiger partial charge on any atom is -0.283 e. The number of aryl methyl sites for hydroxylation is 2. The summed E-state index contributed by atoms with van der Waals surface area (Å²) in [5.74, 6) is 0.756. The van der Waals surface area contributed by atoms with Crippen molar-refractivity contribution < 1.29 is 0 Å². The van der Waals surface area contributed by atoms with Crippen molar-refractivity contribution in [3.8, 4) is 11.3 Å². The Labute approximate surface area is 99.8 Å². The van der Waals surface area contributed by atoms with Crippen molar-refractivity contribution in [1.29, 1.82) is 0 Å². The lowest BCUT2D eigenvalue weighted by Gasteiger charge is -2.03. The summed E-state index contributed by atoms with van der Waals surface area (Å²) in [6.45, 7) is 4.06. The maximum Gasteiger partial charge on any atom is 0.234 e. The zero-order chi connectivity index (χ0) is 11.8. The number of fused-ring (bicyclic) bond motifs is 1. The van der Waals surface area contributed by atoms with E-state index in [-0.39, 0.29) is 0 Å². The van der Waals surface area contributed by atoms with Crippen LogP contribution in [0.15, 0.2) is 42.7 Å². The third-order valence-electron chi connectivity index (χ3n) is 2.83. The van der Waals surface area contributed by atoms with E-state index in [4.69, 9.17) is 0 Å². The Morgan fingerprint density at radius 3 is 2.59 bits per heavy atom. The molecule has 3 rings (SSSR count). The number of hydrogen-bond acceptors (Lipinski definition) is 2. The molecule has 0 spiro atoms. The molecule has 17 heavy (non-hydrogen) atoms. The van der Waals surface area contributed by atoms with Gasteiger partial charge in [0.1, 0.15) is 0 Å². The number of nitrogens with zero attached hydrogens (tertiary/aromatic N) is 3. The molecule has 84 valence electrons. The monoisotopic (exact) mass is 223 g/mol. The zero-order valence-electron chi connectivity index (χ0n) is 9.88. The van der Waals surface area contributed by atoms with Crippen LogP contribution in [0.5, 0.6) is 0 Å². The van der Waals surface area contributed by atoms with Gasteiger partial charge in [-0.05, 0) is 19.4 Å². The van der Waals surface area contributed by atoms with Gasteiger partial charge in [0.2, 0.25) is 5.78 Å². The van der Waals surface area contributed by atoms with Gasteiger partial charge in [0.05, 0.1) is 11.4 Å². The van der Waals surface area contributed by atoms with Crippen LogP contribution in [0.1, 0.15) is 11.3 Å². The van der Waals surface area contributed by atoms with Crippen molar-refractivity contribution >= 4 is 5.78 Å². The summed E-state index contributed by atoms with van der Waals surface area (Å²) < 4.78 is 2.06. The van der Waals surface area contributed by atoms with E-state index in [1.54, 1.807) is 0 Å². The number of aromatic nitrogens is 3. The molecular weight excluding hydrogens is 210 g/mol. The van der Waals surface area contributed by atoms with Gasteiger partial charge in [0, 0.05) is 18.0 Å². The van der Waals surface area contributed by atoms with E-state index in [1.807, 2.05) is 38.2 Å². The van der Waals surface area contributed by atoms with Crippen LogP contribution in [0.2, 0.25) is 0 Å². The van der Waals surface area contributed by atoms with Gasteiger partial charge in [-0.1, -0.05) is 30.3 Å². The fraction of sp³-hybridized carbons (Fsp3) is 0.143. The summed E-state index contributed by atoms with van der Waals surface area (Å²) in [4.78, 5) is 8.82. The molecule has 0 bridgehead atoms. The van der Waals surface area contributed by atoms with E-state index in [9.17, 15) is 0 Å². The van der Waals surface area contributed by atoms with Crippen molar-refractivity contribution in [2.45, 2.75) is 13.8 Å². The lowest BCUT2D eigenvalue weighted by atomic mass is 10.1. The minimum atomic E-state index is 0.756. The summed E-state index contributed by atoms with van der Waals surface area (Å²) >= 11 is 0. The van der Waals surface area contributed by atoms with Gasteiger partial charge in [-0.3, -0.25) is 4.40 Å². The number of rotatable bonds is 1. The summed E-state index contributed by atoms with van der Waals surface area (Å²) in [7, 11) is 0. The Morgan fingerprint density at radius 1 is 1.06 bits per heavy atom. The molecule has 0 aliphatic heterocycles. The first-order chi connectivity index (χ1) is 8.25. The van der Waals surface area contributed by atoms with Gasteiger partial charge >= 0.3 is 0 Å². The van der Waals surface area contributed by atoms with Crippen LogP contribution in [-0.4, -0.2) is 14.4 Å². The molecule has 0 amide bonds. The average molecular weight is 223 g/mol. The van der Waals surface area contributed by atoms with Gasteiger partial charge in [0.15, 0.2) is 0 Å². The van der Waals surface area contributed by atoms with E-state index in [2.05, 4.69) is 32.7 Å². The zero-order valence-corrected chi connectivity index (χ0v) is 9.88. The van der Waals surface area contributed by atoms with E-state index in [0.717, 1.165) is 22.7 Å². The lowest BCUT2D eigenvalue weighted by Crippen LogP contribution is -1.92. The van der Waals surface area contributed by atoms with Crippen LogP contribution >= 0.6 is 0 Å². The minimum absolute atomic E-state index is 0.756. The predicted molar refractivity (Wildman–Crippen MR) is 67.9 cm³/mol. The van der Waals surface area contributed by atoms with Crippen LogP contribution in [0.4, 0.5) is 0 Å². The molecule has 1 aromatic carbocycles. The molecule has 2 aromatic heterocycles. The average Bonchev–Trinajstić information content (AvgIpc) is 2.65. The smallest absolute Gasteiger partial charge is 0.234 e. The van der Waals surface area contributed by atoms with Crippen molar-refractivity contribution in [2.75, 3.05) is 0 Å². The Morgan fingerprint density at radius 2 is 1.82 bits per heavy atom. The number of imidazole rings is 1. The summed E-state index contributed by atoms with van der Waals surface area (Å²) in [5, 5.41) is 0. The SMILES string of the molecule is Cc1cnc2nc(C)c(-c3ccccc3)n2c1. The molecule has 0 atom stereocenters. The van der Waals surface area contributed by atoms with Gasteiger partial charge in [-0.2, -0.15) is 0 Å². The molecule has 2 heterocycles. The first kappa shape index (κ1) is 10.0. The molecule has 0 aliphatic carbocycles. The third-order valence-corrected chi connectivity index (χ3v) is 2.83. The second-order valence-electron chi connectivity index (χ2n) is 4.21. The first-order valence-electron chi connectivity index (χ1n) is 5.62. The van der Waals surface area contributed by atoms with Crippen LogP contribution in [0.3, 0.4) is 0 Å². The highest BCUT2D eigenvalue weighted by atomic mass is 15.1.